The second-order valence-electron chi connectivity index (χ2n) is 5.97. The van der Waals surface area contributed by atoms with E-state index in [0.29, 0.717) is 0 Å². The van der Waals surface area contributed by atoms with Crippen molar-refractivity contribution in [2.45, 2.75) is 13.2 Å². The lowest BCUT2D eigenvalue weighted by atomic mass is 10.2. The van der Waals surface area contributed by atoms with Crippen molar-refractivity contribution in [3.05, 3.63) is 81.2 Å². The predicted octanol–water partition coefficient (Wildman–Crippen LogP) is 3.89. The summed E-state index contributed by atoms with van der Waals surface area (Å²) in [4.78, 5) is 24.7. The van der Waals surface area contributed by atoms with Gasteiger partial charge in [-0.2, -0.15) is 18.6 Å². The number of para-hydroxylation sites is 1. The van der Waals surface area contributed by atoms with Gasteiger partial charge >= 0.3 is 12.6 Å². The minimum Gasteiger partial charge on any atom is -0.465 e. The van der Waals surface area contributed by atoms with Crippen molar-refractivity contribution >= 4 is 23.3 Å². The van der Waals surface area contributed by atoms with Gasteiger partial charge in [0.15, 0.2) is 0 Å². The van der Waals surface area contributed by atoms with Gasteiger partial charge in [0.1, 0.15) is 10.8 Å². The molecule has 0 bridgehead atoms. The molecule has 0 atom stereocenters. The number of anilines is 1. The summed E-state index contributed by atoms with van der Waals surface area (Å²) in [6.45, 7) is -2.63. The molecule has 0 radical (unpaired) electrons. The van der Waals surface area contributed by atoms with E-state index in [1.807, 2.05) is 0 Å². The first-order valence-corrected chi connectivity index (χ1v) is 9.01. The van der Waals surface area contributed by atoms with Gasteiger partial charge in [0.2, 0.25) is 0 Å². The van der Waals surface area contributed by atoms with Crippen LogP contribution in [0.25, 0.3) is 5.69 Å². The molecule has 10 heteroatoms. The molecule has 0 unspecified atom stereocenters. The molecule has 156 valence electrons. The van der Waals surface area contributed by atoms with E-state index in [2.05, 4.69) is 15.2 Å². The number of aromatic nitrogens is 2. The predicted molar refractivity (Wildman–Crippen MR) is 107 cm³/mol. The Hall–Kier alpha value is -3.46. The summed E-state index contributed by atoms with van der Waals surface area (Å²) in [6.07, 6.45) is 1.35. The lowest BCUT2D eigenvalue weighted by molar-refractivity contribution is -0.0498. The van der Waals surface area contributed by atoms with Crippen LogP contribution in [0.5, 0.6) is 5.75 Å². The van der Waals surface area contributed by atoms with Crippen molar-refractivity contribution in [1.82, 2.24) is 9.78 Å². The van der Waals surface area contributed by atoms with Gasteiger partial charge in [-0.25, -0.2) is 4.79 Å². The van der Waals surface area contributed by atoms with Gasteiger partial charge in [-0.05, 0) is 29.8 Å². The first kappa shape index (κ1) is 21.3. The number of halogens is 3. The van der Waals surface area contributed by atoms with Crippen molar-refractivity contribution in [2.75, 3.05) is 12.4 Å². The molecule has 30 heavy (non-hydrogen) atoms. The van der Waals surface area contributed by atoms with Crippen molar-refractivity contribution in [1.29, 1.82) is 0 Å². The van der Waals surface area contributed by atoms with E-state index in [4.69, 9.17) is 16.3 Å². The van der Waals surface area contributed by atoms with Crippen LogP contribution in [0.4, 0.5) is 14.5 Å². The average molecular weight is 436 g/mol. The number of methoxy groups -OCH3 is 1. The minimum atomic E-state index is -2.89. The molecule has 7 nitrogen and oxygen atoms in total. The lowest BCUT2D eigenvalue weighted by Crippen LogP contribution is -2.24. The molecule has 2 aromatic carbocycles. The molecule has 0 amide bonds. The molecule has 0 aliphatic rings. The zero-order valence-corrected chi connectivity index (χ0v) is 16.4. The first-order chi connectivity index (χ1) is 14.4. The third kappa shape index (κ3) is 4.74. The van der Waals surface area contributed by atoms with Crippen LogP contribution in [-0.2, 0) is 11.3 Å². The topological polar surface area (TPSA) is 82.5 Å². The number of benzene rings is 2. The van der Waals surface area contributed by atoms with Gasteiger partial charge in [0, 0.05) is 6.54 Å². The third-order valence-corrected chi connectivity index (χ3v) is 4.45. The molecule has 3 aromatic rings. The molecule has 1 N–H and O–H groups in total. The van der Waals surface area contributed by atoms with Crippen molar-refractivity contribution in [3.8, 4) is 11.4 Å². The Balaban J connectivity index is 1.81. The maximum atomic E-state index is 12.7. The average Bonchev–Trinajstić information content (AvgIpc) is 2.75. The zero-order chi connectivity index (χ0) is 21.7. The highest BCUT2D eigenvalue weighted by Gasteiger charge is 2.17. The van der Waals surface area contributed by atoms with Gasteiger partial charge in [-0.15, -0.1) is 0 Å². The summed E-state index contributed by atoms with van der Waals surface area (Å²) in [5.41, 5.74) is 0.794. The molecule has 0 spiro atoms. The molecule has 0 aliphatic heterocycles. The molecule has 1 aromatic heterocycles. The van der Waals surface area contributed by atoms with E-state index >= 15 is 0 Å². The smallest absolute Gasteiger partial charge is 0.387 e. The van der Waals surface area contributed by atoms with Crippen LogP contribution in [0.3, 0.4) is 0 Å². The number of alkyl halides is 2. The number of carbonyl (C=O) groups is 1. The van der Waals surface area contributed by atoms with Crippen molar-refractivity contribution in [2.24, 2.45) is 0 Å². The summed E-state index contributed by atoms with van der Waals surface area (Å²) in [6, 6.07) is 12.4. The fourth-order valence-corrected chi connectivity index (χ4v) is 2.85. The maximum absolute atomic E-state index is 12.7. The lowest BCUT2D eigenvalue weighted by Gasteiger charge is -2.12. The van der Waals surface area contributed by atoms with E-state index in [1.165, 1.54) is 31.5 Å². The van der Waals surface area contributed by atoms with Gasteiger partial charge in [-0.1, -0.05) is 35.9 Å². The van der Waals surface area contributed by atoms with Crippen molar-refractivity contribution in [3.63, 3.8) is 0 Å². The van der Waals surface area contributed by atoms with Gasteiger partial charge in [0.25, 0.3) is 5.56 Å². The number of rotatable bonds is 7. The third-order valence-electron chi connectivity index (χ3n) is 4.09. The van der Waals surface area contributed by atoms with Gasteiger partial charge in [0.05, 0.1) is 30.2 Å². The minimum absolute atomic E-state index is 0.0420. The number of nitrogens with zero attached hydrogens (tertiary/aromatic N) is 2. The molecule has 0 saturated heterocycles. The van der Waals surface area contributed by atoms with Gasteiger partial charge < -0.3 is 14.8 Å². The van der Waals surface area contributed by atoms with E-state index in [0.717, 1.165) is 10.2 Å². The van der Waals surface area contributed by atoms with Crippen LogP contribution < -0.4 is 15.6 Å². The SMILES string of the molecule is COC(=O)c1ccccc1-n1ncc(NCc2ccc(OC(F)F)cc2)c(Cl)c1=O. The molecule has 3 rings (SSSR count). The van der Waals surface area contributed by atoms with Crippen LogP contribution in [0, 0.1) is 0 Å². The maximum Gasteiger partial charge on any atom is 0.387 e. The van der Waals surface area contributed by atoms with Crippen LogP contribution in [0.1, 0.15) is 15.9 Å². The molecule has 0 aliphatic carbocycles. The fraction of sp³-hybridized carbons (Fsp3) is 0.150. The molecule has 0 fully saturated rings. The highest BCUT2D eigenvalue weighted by molar-refractivity contribution is 6.32. The highest BCUT2D eigenvalue weighted by atomic mass is 35.5. The number of hydrogen-bond donors (Lipinski definition) is 1. The Morgan fingerprint density at radius 2 is 1.90 bits per heavy atom. The first-order valence-electron chi connectivity index (χ1n) is 8.64. The Morgan fingerprint density at radius 1 is 1.20 bits per heavy atom. The number of nitrogens with one attached hydrogen (secondary N) is 1. The van der Waals surface area contributed by atoms with Crippen LogP contribution >= 0.6 is 11.6 Å². The number of ether oxygens (including phenoxy) is 2. The normalized spacial score (nSPS) is 10.7. The zero-order valence-electron chi connectivity index (χ0n) is 15.6. The Kier molecular flexibility index (Phi) is 6.63. The van der Waals surface area contributed by atoms with Crippen molar-refractivity contribution < 1.29 is 23.0 Å². The van der Waals surface area contributed by atoms with Crippen LogP contribution in [-0.4, -0.2) is 29.5 Å². The number of carbonyl (C=O) groups excluding carboxylic acids is 1. The molecular formula is C20H16ClF2N3O4. The van der Waals surface area contributed by atoms with Gasteiger partial charge in [-0.3, -0.25) is 4.79 Å². The summed E-state index contributed by atoms with van der Waals surface area (Å²) < 4.78 is 34.4. The largest absolute Gasteiger partial charge is 0.465 e. The monoisotopic (exact) mass is 435 g/mol. The molecule has 0 saturated carbocycles. The second kappa shape index (κ2) is 9.36. The Labute approximate surface area is 174 Å². The second-order valence-corrected chi connectivity index (χ2v) is 6.35. The standard InChI is InChI=1S/C20H16ClF2N3O4/c1-29-19(28)14-4-2-3-5-16(14)26-18(27)17(21)15(11-25-26)24-10-12-6-8-13(9-7-12)30-20(22)23/h2-9,11,20,24H,10H2,1H3. The highest BCUT2D eigenvalue weighted by Crippen LogP contribution is 2.20. The van der Waals surface area contributed by atoms with Crippen LogP contribution in [0.2, 0.25) is 5.02 Å². The van der Waals surface area contributed by atoms with E-state index in [9.17, 15) is 18.4 Å². The van der Waals surface area contributed by atoms with E-state index < -0.39 is 18.1 Å². The summed E-state index contributed by atoms with van der Waals surface area (Å²) in [5, 5.41) is 6.94. The number of hydrogen-bond acceptors (Lipinski definition) is 6. The number of esters is 1. The van der Waals surface area contributed by atoms with E-state index in [1.54, 1.807) is 30.3 Å². The molecule has 1 heterocycles. The molecular weight excluding hydrogens is 420 g/mol. The quantitative estimate of drug-likeness (QED) is 0.567. The Morgan fingerprint density at radius 3 is 2.57 bits per heavy atom. The van der Waals surface area contributed by atoms with Crippen LogP contribution in [0.15, 0.2) is 59.5 Å². The summed E-state index contributed by atoms with van der Waals surface area (Å²) in [7, 11) is 1.24. The fourth-order valence-electron chi connectivity index (χ4n) is 2.65. The Bertz CT molecular complexity index is 1100. The van der Waals surface area contributed by atoms with E-state index in [-0.39, 0.29) is 34.3 Å². The summed E-state index contributed by atoms with van der Waals surface area (Å²) >= 11 is 6.21. The summed E-state index contributed by atoms with van der Waals surface area (Å²) in [5.74, 6) is -0.572.